The fourth-order valence-corrected chi connectivity index (χ4v) is 1.60. The lowest BCUT2D eigenvalue weighted by molar-refractivity contribution is 0.000138. The maximum absolute atomic E-state index is 13.1. The topological polar surface area (TPSA) is 30.5 Å². The molecule has 0 aliphatic carbocycles. The van der Waals surface area contributed by atoms with E-state index in [2.05, 4.69) is 5.32 Å². The average molecular weight is 246 g/mol. The van der Waals surface area contributed by atoms with Crippen molar-refractivity contribution < 1.29 is 13.9 Å². The monoisotopic (exact) mass is 245 g/mol. The molecule has 0 amide bonds. The summed E-state index contributed by atoms with van der Waals surface area (Å²) in [6, 6.07) is 4.40. The molecule has 16 heavy (non-hydrogen) atoms. The average Bonchev–Trinajstić information content (AvgIpc) is 2.32. The Bertz CT molecular complexity index is 356. The molecule has 1 atom stereocenters. The van der Waals surface area contributed by atoms with Crippen LogP contribution in [-0.4, -0.2) is 32.4 Å². The highest BCUT2D eigenvalue weighted by Crippen LogP contribution is 2.20. The number of benzene rings is 1. The quantitative estimate of drug-likeness (QED) is 0.882. The second-order valence-electron chi connectivity index (χ2n) is 3.58. The van der Waals surface area contributed by atoms with E-state index in [1.165, 1.54) is 12.1 Å². The molecule has 1 aromatic carbocycles. The van der Waals surface area contributed by atoms with Crippen LogP contribution in [0.3, 0.4) is 0 Å². The minimum Gasteiger partial charge on any atom is -0.491 e. The van der Waals surface area contributed by atoms with Gasteiger partial charge in [-0.3, -0.25) is 0 Å². The summed E-state index contributed by atoms with van der Waals surface area (Å²) in [5, 5.41) is 3.29. The van der Waals surface area contributed by atoms with E-state index in [-0.39, 0.29) is 11.1 Å². The summed E-state index contributed by atoms with van der Waals surface area (Å²) >= 11 is 5.56. The van der Waals surface area contributed by atoms with Gasteiger partial charge >= 0.3 is 0 Å². The van der Waals surface area contributed by atoms with E-state index in [1.54, 1.807) is 6.07 Å². The molecule has 0 saturated carbocycles. The summed E-state index contributed by atoms with van der Waals surface area (Å²) < 4.78 is 24.0. The molecule has 3 nitrogen and oxygen atoms in total. The Morgan fingerprint density at radius 1 is 1.56 bits per heavy atom. The number of rotatable bonds is 3. The molecule has 2 rings (SSSR count). The van der Waals surface area contributed by atoms with Crippen molar-refractivity contribution in [3.8, 4) is 5.75 Å². The Balaban J connectivity index is 1.86. The first-order valence-corrected chi connectivity index (χ1v) is 5.53. The fourth-order valence-electron chi connectivity index (χ4n) is 1.48. The number of ether oxygens (including phenoxy) is 2. The predicted molar refractivity (Wildman–Crippen MR) is 59.5 cm³/mol. The van der Waals surface area contributed by atoms with E-state index in [4.69, 9.17) is 21.1 Å². The van der Waals surface area contributed by atoms with Crippen LogP contribution in [0.2, 0.25) is 5.02 Å². The molecule has 5 heteroatoms. The lowest BCUT2D eigenvalue weighted by Gasteiger charge is -2.23. The van der Waals surface area contributed by atoms with E-state index < -0.39 is 5.82 Å². The fraction of sp³-hybridized carbons (Fsp3) is 0.455. The molecule has 1 heterocycles. The first-order valence-electron chi connectivity index (χ1n) is 5.16. The Hall–Kier alpha value is -0.840. The van der Waals surface area contributed by atoms with E-state index in [1.807, 2.05) is 0 Å². The minimum atomic E-state index is -0.471. The number of halogens is 2. The van der Waals surface area contributed by atoms with Crippen LogP contribution in [0.25, 0.3) is 0 Å². The molecule has 1 saturated heterocycles. The smallest absolute Gasteiger partial charge is 0.145 e. The van der Waals surface area contributed by atoms with E-state index in [0.29, 0.717) is 19.0 Å². The highest BCUT2D eigenvalue weighted by atomic mass is 35.5. The van der Waals surface area contributed by atoms with Crippen LogP contribution in [-0.2, 0) is 4.74 Å². The van der Waals surface area contributed by atoms with E-state index >= 15 is 0 Å². The van der Waals surface area contributed by atoms with Crippen molar-refractivity contribution in [2.45, 2.75) is 6.10 Å². The van der Waals surface area contributed by atoms with Gasteiger partial charge in [0.2, 0.25) is 0 Å². The highest BCUT2D eigenvalue weighted by Gasteiger charge is 2.14. The first kappa shape index (κ1) is 11.6. The maximum atomic E-state index is 13.1. The van der Waals surface area contributed by atoms with Crippen molar-refractivity contribution in [3.05, 3.63) is 29.0 Å². The summed E-state index contributed by atoms with van der Waals surface area (Å²) in [6.45, 7) is 2.72. The number of nitrogens with one attached hydrogen (secondary N) is 1. The predicted octanol–water partition coefficient (Wildman–Crippen LogP) is 1.85. The number of hydrogen-bond donors (Lipinski definition) is 1. The van der Waals surface area contributed by atoms with Gasteiger partial charge in [-0.15, -0.1) is 0 Å². The van der Waals surface area contributed by atoms with Crippen LogP contribution in [0.1, 0.15) is 0 Å². The molecule has 1 aliphatic heterocycles. The first-order chi connectivity index (χ1) is 7.75. The Morgan fingerprint density at radius 2 is 2.44 bits per heavy atom. The van der Waals surface area contributed by atoms with Gasteiger partial charge in [0.25, 0.3) is 0 Å². The molecule has 1 unspecified atom stereocenters. The van der Waals surface area contributed by atoms with Gasteiger partial charge in [0.05, 0.1) is 11.6 Å². The molecule has 1 fully saturated rings. The molecule has 88 valence electrons. The van der Waals surface area contributed by atoms with Gasteiger partial charge in [0, 0.05) is 19.2 Å². The van der Waals surface area contributed by atoms with E-state index in [9.17, 15) is 4.39 Å². The third-order valence-electron chi connectivity index (χ3n) is 2.33. The zero-order valence-electron chi connectivity index (χ0n) is 8.71. The summed E-state index contributed by atoms with van der Waals surface area (Å²) in [4.78, 5) is 0. The van der Waals surface area contributed by atoms with Crippen molar-refractivity contribution in [1.82, 2.24) is 5.32 Å². The van der Waals surface area contributed by atoms with Gasteiger partial charge in [-0.2, -0.15) is 0 Å². The van der Waals surface area contributed by atoms with Crippen LogP contribution in [0, 0.1) is 5.82 Å². The third kappa shape index (κ3) is 3.07. The maximum Gasteiger partial charge on any atom is 0.145 e. The molecule has 0 aromatic heterocycles. The Kier molecular flexibility index (Phi) is 3.98. The van der Waals surface area contributed by atoms with Crippen molar-refractivity contribution >= 4 is 11.6 Å². The summed E-state index contributed by atoms with van der Waals surface area (Å²) in [5.41, 5.74) is 0. The zero-order chi connectivity index (χ0) is 11.4. The summed E-state index contributed by atoms with van der Waals surface area (Å²) in [5.74, 6) is -0.00192. The normalized spacial score (nSPS) is 20.8. The second-order valence-corrected chi connectivity index (χ2v) is 3.99. The van der Waals surface area contributed by atoms with Crippen LogP contribution >= 0.6 is 11.6 Å². The molecular weight excluding hydrogens is 233 g/mol. The minimum absolute atomic E-state index is 0.0208. The summed E-state index contributed by atoms with van der Waals surface area (Å²) in [7, 11) is 0. The van der Waals surface area contributed by atoms with Crippen molar-refractivity contribution in [2.24, 2.45) is 0 Å². The second kappa shape index (κ2) is 5.48. The molecule has 0 radical (unpaired) electrons. The summed E-state index contributed by atoms with van der Waals surface area (Å²) in [6.07, 6.45) is 0.0208. The van der Waals surface area contributed by atoms with Crippen LogP contribution in [0.5, 0.6) is 5.75 Å². The van der Waals surface area contributed by atoms with Gasteiger partial charge in [0.15, 0.2) is 0 Å². The molecular formula is C11H13ClFNO2. The van der Waals surface area contributed by atoms with Crippen LogP contribution in [0.15, 0.2) is 18.2 Å². The lowest BCUT2D eigenvalue weighted by Crippen LogP contribution is -2.41. The third-order valence-corrected chi connectivity index (χ3v) is 2.64. The Labute approximate surface area is 98.5 Å². The van der Waals surface area contributed by atoms with Crippen LogP contribution in [0.4, 0.5) is 4.39 Å². The van der Waals surface area contributed by atoms with Gasteiger partial charge < -0.3 is 14.8 Å². The lowest BCUT2D eigenvalue weighted by atomic mass is 10.3. The number of hydrogen-bond acceptors (Lipinski definition) is 3. The van der Waals surface area contributed by atoms with Crippen LogP contribution < -0.4 is 10.1 Å². The van der Waals surface area contributed by atoms with E-state index in [0.717, 1.165) is 13.1 Å². The molecule has 0 spiro atoms. The van der Waals surface area contributed by atoms with Gasteiger partial charge in [-0.05, 0) is 12.1 Å². The van der Waals surface area contributed by atoms with Gasteiger partial charge in [-0.1, -0.05) is 11.6 Å². The standard InChI is InChI=1S/C11H13ClFNO2/c12-10-2-1-8(5-11(10)13)16-7-9-6-14-3-4-15-9/h1-2,5,9,14H,3-4,6-7H2. The van der Waals surface area contributed by atoms with Crippen molar-refractivity contribution in [2.75, 3.05) is 26.3 Å². The van der Waals surface area contributed by atoms with Gasteiger partial charge in [0.1, 0.15) is 24.3 Å². The molecule has 0 bridgehead atoms. The SMILES string of the molecule is Fc1cc(OCC2CNCCO2)ccc1Cl. The zero-order valence-corrected chi connectivity index (χ0v) is 9.47. The van der Waals surface area contributed by atoms with Crippen molar-refractivity contribution in [1.29, 1.82) is 0 Å². The number of morpholine rings is 1. The molecule has 1 aliphatic rings. The van der Waals surface area contributed by atoms with Gasteiger partial charge in [-0.25, -0.2) is 4.39 Å². The Morgan fingerprint density at radius 3 is 3.12 bits per heavy atom. The highest BCUT2D eigenvalue weighted by molar-refractivity contribution is 6.30. The molecule has 1 aromatic rings. The molecule has 1 N–H and O–H groups in total. The largest absolute Gasteiger partial charge is 0.491 e. The van der Waals surface area contributed by atoms with Crippen molar-refractivity contribution in [3.63, 3.8) is 0 Å².